The molecule has 0 atom stereocenters. The lowest BCUT2D eigenvalue weighted by Gasteiger charge is -2.23. The van der Waals surface area contributed by atoms with Crippen LogP contribution < -0.4 is 9.80 Å². The normalized spacial score (nSPS) is 12.0. The van der Waals surface area contributed by atoms with Crippen LogP contribution in [-0.4, -0.2) is 50.5 Å². The summed E-state index contributed by atoms with van der Waals surface area (Å²) in [7, 11) is -1.39. The molecule has 0 spiro atoms. The van der Waals surface area contributed by atoms with E-state index in [-0.39, 0.29) is 9.79 Å². The molecule has 0 aliphatic rings. The van der Waals surface area contributed by atoms with Gasteiger partial charge in [0, 0.05) is 45.9 Å². The Labute approximate surface area is 155 Å². The molecule has 0 bridgehead atoms. The molecular weight excluding hydrogens is 372 g/mol. The smallest absolute Gasteiger partial charge is 0.177 e. The number of anilines is 2. The van der Waals surface area contributed by atoms with E-state index < -0.39 is 19.7 Å². The second-order valence-electron chi connectivity index (χ2n) is 6.59. The molecule has 0 amide bonds. The summed E-state index contributed by atoms with van der Waals surface area (Å²) in [6.45, 7) is 0.489. The van der Waals surface area contributed by atoms with E-state index in [4.69, 9.17) is 0 Å². The van der Waals surface area contributed by atoms with Crippen molar-refractivity contribution in [3.8, 4) is 0 Å². The third-order valence-corrected chi connectivity index (χ3v) is 6.25. The van der Waals surface area contributed by atoms with E-state index in [9.17, 15) is 16.8 Å². The first kappa shape index (κ1) is 20.3. The molecule has 0 aliphatic carbocycles. The molecule has 142 valence electrons. The predicted molar refractivity (Wildman–Crippen MR) is 106 cm³/mol. The fourth-order valence-electron chi connectivity index (χ4n) is 2.63. The van der Waals surface area contributed by atoms with Gasteiger partial charge in [-0.1, -0.05) is 12.1 Å². The van der Waals surface area contributed by atoms with Crippen molar-refractivity contribution in [3.05, 3.63) is 48.0 Å². The summed E-state index contributed by atoms with van der Waals surface area (Å²) in [6, 6.07) is 12.1. The average Bonchev–Trinajstić information content (AvgIpc) is 2.52. The largest absolute Gasteiger partial charge is 0.378 e. The zero-order chi connectivity index (χ0) is 19.7. The van der Waals surface area contributed by atoms with Gasteiger partial charge >= 0.3 is 0 Å². The first-order chi connectivity index (χ1) is 11.9. The zero-order valence-corrected chi connectivity index (χ0v) is 17.2. The van der Waals surface area contributed by atoms with Gasteiger partial charge in [0.2, 0.25) is 0 Å². The molecule has 0 heterocycles. The minimum atomic E-state index is -3.59. The summed E-state index contributed by atoms with van der Waals surface area (Å²) in [4.78, 5) is 3.79. The van der Waals surface area contributed by atoms with Crippen LogP contribution in [0.15, 0.2) is 52.3 Å². The lowest BCUT2D eigenvalue weighted by atomic mass is 10.1. The fraction of sp³-hybridized carbons (Fsp3) is 0.333. The molecule has 0 aromatic heterocycles. The molecular formula is C18H24N2O4S2. The number of hydrogen-bond donors (Lipinski definition) is 0. The monoisotopic (exact) mass is 396 g/mol. The minimum Gasteiger partial charge on any atom is -0.378 e. The first-order valence-electron chi connectivity index (χ1n) is 7.91. The van der Waals surface area contributed by atoms with Crippen LogP contribution in [-0.2, 0) is 26.2 Å². The number of rotatable bonds is 6. The van der Waals surface area contributed by atoms with Crippen LogP contribution in [0.5, 0.6) is 0 Å². The summed E-state index contributed by atoms with van der Waals surface area (Å²) in [5, 5.41) is 0. The van der Waals surface area contributed by atoms with Gasteiger partial charge in [-0.2, -0.15) is 0 Å². The maximum atomic E-state index is 12.2. The zero-order valence-electron chi connectivity index (χ0n) is 15.6. The van der Waals surface area contributed by atoms with Gasteiger partial charge in [-0.25, -0.2) is 16.8 Å². The van der Waals surface area contributed by atoms with Gasteiger partial charge in [-0.05, 0) is 35.9 Å². The van der Waals surface area contributed by atoms with Crippen molar-refractivity contribution < 1.29 is 16.8 Å². The van der Waals surface area contributed by atoms with Gasteiger partial charge in [0.15, 0.2) is 19.7 Å². The molecule has 0 unspecified atom stereocenters. The number of benzene rings is 2. The molecule has 8 heteroatoms. The SMILES string of the molecule is CN(C)c1cccc(CN(C)c2ccc(S(C)(=O)=O)cc2S(C)(=O)=O)c1. The van der Waals surface area contributed by atoms with E-state index in [0.717, 1.165) is 23.8 Å². The minimum absolute atomic E-state index is 0.00619. The highest BCUT2D eigenvalue weighted by Crippen LogP contribution is 2.29. The second kappa shape index (κ2) is 7.28. The van der Waals surface area contributed by atoms with E-state index in [2.05, 4.69) is 0 Å². The number of nitrogens with zero attached hydrogens (tertiary/aromatic N) is 2. The summed E-state index contributed by atoms with van der Waals surface area (Å²) in [6.07, 6.45) is 2.14. The lowest BCUT2D eigenvalue weighted by molar-refractivity contribution is 0.600. The summed E-state index contributed by atoms with van der Waals surface area (Å²) >= 11 is 0. The van der Waals surface area contributed by atoms with Crippen LogP contribution in [0.25, 0.3) is 0 Å². The van der Waals surface area contributed by atoms with E-state index in [1.165, 1.54) is 12.1 Å². The molecule has 2 aromatic carbocycles. The van der Waals surface area contributed by atoms with E-state index in [1.54, 1.807) is 18.0 Å². The molecule has 26 heavy (non-hydrogen) atoms. The maximum Gasteiger partial charge on any atom is 0.177 e. The Morgan fingerprint density at radius 3 is 2.04 bits per heavy atom. The van der Waals surface area contributed by atoms with Crippen molar-refractivity contribution in [1.82, 2.24) is 0 Å². The van der Waals surface area contributed by atoms with Gasteiger partial charge in [-0.15, -0.1) is 0 Å². The molecule has 0 N–H and O–H groups in total. The first-order valence-corrected chi connectivity index (χ1v) is 11.7. The standard InChI is InChI=1S/C18H24N2O4S2/c1-19(2)15-8-6-7-14(11-15)13-20(3)17-10-9-16(25(4,21)22)12-18(17)26(5,23)24/h6-12H,13H2,1-5H3. The highest BCUT2D eigenvalue weighted by molar-refractivity contribution is 7.91. The Balaban J connectivity index is 2.46. The summed E-state index contributed by atoms with van der Waals surface area (Å²) < 4.78 is 48.0. The fourth-order valence-corrected chi connectivity index (χ4v) is 4.30. The molecule has 6 nitrogen and oxygen atoms in total. The van der Waals surface area contributed by atoms with Crippen molar-refractivity contribution >= 4 is 31.0 Å². The van der Waals surface area contributed by atoms with Crippen LogP contribution in [0.3, 0.4) is 0 Å². The lowest BCUT2D eigenvalue weighted by Crippen LogP contribution is -2.20. The molecule has 0 aliphatic heterocycles. The average molecular weight is 397 g/mol. The van der Waals surface area contributed by atoms with Crippen LogP contribution in [0.1, 0.15) is 5.56 Å². The molecule has 0 saturated carbocycles. The quantitative estimate of drug-likeness (QED) is 0.745. The third-order valence-electron chi connectivity index (χ3n) is 4.02. The topological polar surface area (TPSA) is 74.8 Å². The maximum absolute atomic E-state index is 12.2. The highest BCUT2D eigenvalue weighted by atomic mass is 32.2. The van der Waals surface area contributed by atoms with E-state index in [0.29, 0.717) is 12.2 Å². The third kappa shape index (κ3) is 4.76. The van der Waals surface area contributed by atoms with Gasteiger partial charge in [0.1, 0.15) is 0 Å². The van der Waals surface area contributed by atoms with Crippen molar-refractivity contribution in [1.29, 1.82) is 0 Å². The number of sulfone groups is 2. The van der Waals surface area contributed by atoms with Crippen molar-refractivity contribution in [3.63, 3.8) is 0 Å². The van der Waals surface area contributed by atoms with Gasteiger partial charge in [-0.3, -0.25) is 0 Å². The van der Waals surface area contributed by atoms with Crippen molar-refractivity contribution in [2.45, 2.75) is 16.3 Å². The highest BCUT2D eigenvalue weighted by Gasteiger charge is 2.20. The summed E-state index contributed by atoms with van der Waals surface area (Å²) in [5.74, 6) is 0. The van der Waals surface area contributed by atoms with Crippen LogP contribution in [0.2, 0.25) is 0 Å². The van der Waals surface area contributed by atoms with E-state index >= 15 is 0 Å². The Bertz CT molecular complexity index is 1010. The van der Waals surface area contributed by atoms with Crippen LogP contribution >= 0.6 is 0 Å². The molecule has 2 aromatic rings. The van der Waals surface area contributed by atoms with Gasteiger partial charge in [0.05, 0.1) is 15.5 Å². The Kier molecular flexibility index (Phi) is 5.67. The molecule has 0 saturated heterocycles. The summed E-state index contributed by atoms with van der Waals surface area (Å²) in [5.41, 5.74) is 2.53. The van der Waals surface area contributed by atoms with Crippen LogP contribution in [0.4, 0.5) is 11.4 Å². The van der Waals surface area contributed by atoms with Gasteiger partial charge in [0.25, 0.3) is 0 Å². The van der Waals surface area contributed by atoms with E-state index in [1.807, 2.05) is 43.3 Å². The Morgan fingerprint density at radius 1 is 0.846 bits per heavy atom. The molecule has 0 fully saturated rings. The Morgan fingerprint density at radius 2 is 1.50 bits per heavy atom. The second-order valence-corrected chi connectivity index (χ2v) is 10.6. The predicted octanol–water partition coefficient (Wildman–Crippen LogP) is 2.20. The van der Waals surface area contributed by atoms with Crippen LogP contribution in [0, 0.1) is 0 Å². The number of hydrogen-bond acceptors (Lipinski definition) is 6. The molecule has 2 rings (SSSR count). The van der Waals surface area contributed by atoms with Crippen molar-refractivity contribution in [2.75, 3.05) is 43.5 Å². The van der Waals surface area contributed by atoms with Crippen molar-refractivity contribution in [2.24, 2.45) is 0 Å². The molecule has 0 radical (unpaired) electrons. The van der Waals surface area contributed by atoms with Gasteiger partial charge < -0.3 is 9.80 Å². The Hall–Kier alpha value is -2.06.